The number of halogens is 1. The summed E-state index contributed by atoms with van der Waals surface area (Å²) in [6, 6.07) is 6.08. The van der Waals surface area contributed by atoms with Crippen LogP contribution in [-0.2, 0) is 14.3 Å². The molecule has 1 aliphatic heterocycles. The monoisotopic (exact) mass is 325 g/mol. The van der Waals surface area contributed by atoms with Gasteiger partial charge in [0.15, 0.2) is 0 Å². The van der Waals surface area contributed by atoms with Crippen molar-refractivity contribution in [1.82, 2.24) is 4.90 Å². The van der Waals surface area contributed by atoms with Crippen molar-refractivity contribution >= 4 is 5.97 Å². The van der Waals surface area contributed by atoms with Crippen molar-refractivity contribution in [2.75, 3.05) is 40.0 Å². The molecule has 0 spiro atoms. The van der Waals surface area contributed by atoms with Gasteiger partial charge in [0.1, 0.15) is 18.2 Å². The number of hydrogen-bond donors (Lipinski definition) is 0. The van der Waals surface area contributed by atoms with Crippen LogP contribution in [0.4, 0.5) is 4.39 Å². The highest BCUT2D eigenvalue weighted by molar-refractivity contribution is 5.69. The molecule has 128 valence electrons. The molecule has 0 bridgehead atoms. The van der Waals surface area contributed by atoms with Gasteiger partial charge in [-0.2, -0.15) is 0 Å². The lowest BCUT2D eigenvalue weighted by atomic mass is 10.2. The summed E-state index contributed by atoms with van der Waals surface area (Å²) < 4.78 is 29.0. The second kappa shape index (κ2) is 9.47. The second-order valence-corrected chi connectivity index (χ2v) is 5.57. The van der Waals surface area contributed by atoms with Crippen molar-refractivity contribution < 1.29 is 23.4 Å². The Bertz CT molecular complexity index is 491. The molecule has 6 heteroatoms. The van der Waals surface area contributed by atoms with E-state index in [9.17, 15) is 9.18 Å². The summed E-state index contributed by atoms with van der Waals surface area (Å²) in [5, 5.41) is 0. The first-order valence-corrected chi connectivity index (χ1v) is 7.96. The van der Waals surface area contributed by atoms with Gasteiger partial charge in [-0.3, -0.25) is 9.69 Å². The predicted octanol–water partition coefficient (Wildman–Crippen LogP) is 2.25. The first kappa shape index (κ1) is 17.7. The third-order valence-electron chi connectivity index (χ3n) is 3.82. The molecular formula is C17H24FNO4. The highest BCUT2D eigenvalue weighted by Gasteiger charge is 2.19. The van der Waals surface area contributed by atoms with Crippen molar-refractivity contribution in [3.05, 3.63) is 30.1 Å². The zero-order valence-corrected chi connectivity index (χ0v) is 13.5. The van der Waals surface area contributed by atoms with Crippen molar-refractivity contribution in [3.63, 3.8) is 0 Å². The lowest BCUT2D eigenvalue weighted by molar-refractivity contribution is -0.141. The third kappa shape index (κ3) is 6.54. The SMILES string of the molecule is COC(=O)CCN(CCOc1cccc(F)c1)CC1CCCO1. The van der Waals surface area contributed by atoms with Crippen LogP contribution in [0.3, 0.4) is 0 Å². The zero-order chi connectivity index (χ0) is 16.5. The van der Waals surface area contributed by atoms with E-state index >= 15 is 0 Å². The van der Waals surface area contributed by atoms with Gasteiger partial charge in [0.2, 0.25) is 0 Å². The molecule has 1 unspecified atom stereocenters. The molecule has 1 aromatic carbocycles. The van der Waals surface area contributed by atoms with Crippen LogP contribution in [0.25, 0.3) is 0 Å². The summed E-state index contributed by atoms with van der Waals surface area (Å²) in [5.41, 5.74) is 0. The van der Waals surface area contributed by atoms with Crippen LogP contribution in [-0.4, -0.2) is 56.9 Å². The summed E-state index contributed by atoms with van der Waals surface area (Å²) in [4.78, 5) is 13.5. The Kier molecular flexibility index (Phi) is 7.29. The molecule has 23 heavy (non-hydrogen) atoms. The largest absolute Gasteiger partial charge is 0.492 e. The van der Waals surface area contributed by atoms with Crippen LogP contribution < -0.4 is 4.74 Å². The van der Waals surface area contributed by atoms with Crippen LogP contribution in [0.1, 0.15) is 19.3 Å². The number of benzene rings is 1. The fraction of sp³-hybridized carbons (Fsp3) is 0.588. The predicted molar refractivity (Wildman–Crippen MR) is 83.9 cm³/mol. The van der Waals surface area contributed by atoms with Crippen LogP contribution >= 0.6 is 0 Å². The van der Waals surface area contributed by atoms with Gasteiger partial charge < -0.3 is 14.2 Å². The molecule has 1 heterocycles. The van der Waals surface area contributed by atoms with Crippen molar-refractivity contribution in [2.45, 2.75) is 25.4 Å². The average molecular weight is 325 g/mol. The maximum absolute atomic E-state index is 13.1. The van der Waals surface area contributed by atoms with Gasteiger partial charge >= 0.3 is 5.97 Å². The van der Waals surface area contributed by atoms with Gasteiger partial charge in [-0.15, -0.1) is 0 Å². The van der Waals surface area contributed by atoms with E-state index in [-0.39, 0.29) is 17.9 Å². The molecule has 5 nitrogen and oxygen atoms in total. The fourth-order valence-corrected chi connectivity index (χ4v) is 2.57. The van der Waals surface area contributed by atoms with Gasteiger partial charge in [-0.25, -0.2) is 4.39 Å². The minimum absolute atomic E-state index is 0.210. The van der Waals surface area contributed by atoms with E-state index in [1.165, 1.54) is 19.2 Å². The molecule has 0 aromatic heterocycles. The number of nitrogens with zero attached hydrogens (tertiary/aromatic N) is 1. The molecule has 0 N–H and O–H groups in total. The summed E-state index contributed by atoms with van der Waals surface area (Å²) >= 11 is 0. The van der Waals surface area contributed by atoms with Crippen molar-refractivity contribution in [3.8, 4) is 5.75 Å². The normalized spacial score (nSPS) is 17.4. The number of ether oxygens (including phenoxy) is 3. The number of carbonyl (C=O) groups excluding carboxylic acids is 1. The Labute approximate surface area is 136 Å². The van der Waals surface area contributed by atoms with E-state index in [0.29, 0.717) is 31.9 Å². The van der Waals surface area contributed by atoms with E-state index in [1.807, 2.05) is 0 Å². The summed E-state index contributed by atoms with van der Waals surface area (Å²) in [6.45, 7) is 3.24. The molecule has 1 atom stereocenters. The number of rotatable bonds is 9. The second-order valence-electron chi connectivity index (χ2n) is 5.57. The van der Waals surface area contributed by atoms with Gasteiger partial charge in [0.05, 0.1) is 19.6 Å². The Morgan fingerprint density at radius 3 is 3.00 bits per heavy atom. The van der Waals surface area contributed by atoms with E-state index in [1.54, 1.807) is 12.1 Å². The Morgan fingerprint density at radius 1 is 1.43 bits per heavy atom. The van der Waals surface area contributed by atoms with E-state index in [0.717, 1.165) is 26.0 Å². The number of hydrogen-bond acceptors (Lipinski definition) is 5. The smallest absolute Gasteiger partial charge is 0.306 e. The van der Waals surface area contributed by atoms with Crippen LogP contribution in [0.5, 0.6) is 5.75 Å². The molecule has 2 rings (SSSR count). The summed E-state index contributed by atoms with van der Waals surface area (Å²) in [6.07, 6.45) is 2.67. The molecule has 0 saturated carbocycles. The van der Waals surface area contributed by atoms with Crippen LogP contribution in [0, 0.1) is 5.82 Å². The lowest BCUT2D eigenvalue weighted by Gasteiger charge is -2.24. The first-order chi connectivity index (χ1) is 11.2. The van der Waals surface area contributed by atoms with E-state index < -0.39 is 0 Å². The highest BCUT2D eigenvalue weighted by Crippen LogP contribution is 2.14. The Hall–Kier alpha value is -1.66. The molecular weight excluding hydrogens is 301 g/mol. The summed E-state index contributed by atoms with van der Waals surface area (Å²) in [5.74, 6) is -0.0344. The molecule has 1 aromatic rings. The lowest BCUT2D eigenvalue weighted by Crippen LogP contribution is -2.36. The van der Waals surface area contributed by atoms with Crippen LogP contribution in [0.2, 0.25) is 0 Å². The molecule has 1 aliphatic rings. The minimum atomic E-state index is -0.315. The summed E-state index contributed by atoms with van der Waals surface area (Å²) in [7, 11) is 1.39. The van der Waals surface area contributed by atoms with Gasteiger partial charge in [0.25, 0.3) is 0 Å². The van der Waals surface area contributed by atoms with E-state index in [4.69, 9.17) is 9.47 Å². The first-order valence-electron chi connectivity index (χ1n) is 7.96. The Morgan fingerprint density at radius 2 is 2.30 bits per heavy atom. The standard InChI is InChI=1S/C17H24FNO4/c1-21-17(20)7-8-19(13-16-6-3-10-22-16)9-11-23-15-5-2-4-14(18)12-15/h2,4-5,12,16H,3,6-11,13H2,1H3. The van der Waals surface area contributed by atoms with Crippen molar-refractivity contribution in [1.29, 1.82) is 0 Å². The highest BCUT2D eigenvalue weighted by atomic mass is 19.1. The molecule has 0 aliphatic carbocycles. The molecule has 1 saturated heterocycles. The minimum Gasteiger partial charge on any atom is -0.492 e. The molecule has 1 fully saturated rings. The zero-order valence-electron chi connectivity index (χ0n) is 13.5. The molecule has 0 radical (unpaired) electrons. The van der Waals surface area contributed by atoms with Crippen LogP contribution in [0.15, 0.2) is 24.3 Å². The van der Waals surface area contributed by atoms with Gasteiger partial charge in [0, 0.05) is 32.3 Å². The van der Waals surface area contributed by atoms with Crippen molar-refractivity contribution in [2.24, 2.45) is 0 Å². The number of esters is 1. The number of methoxy groups -OCH3 is 1. The van der Waals surface area contributed by atoms with Gasteiger partial charge in [-0.05, 0) is 25.0 Å². The molecule has 0 amide bonds. The number of carbonyl (C=O) groups is 1. The fourth-order valence-electron chi connectivity index (χ4n) is 2.57. The maximum Gasteiger partial charge on any atom is 0.306 e. The third-order valence-corrected chi connectivity index (χ3v) is 3.82. The topological polar surface area (TPSA) is 48.0 Å². The van der Waals surface area contributed by atoms with E-state index in [2.05, 4.69) is 9.64 Å². The van der Waals surface area contributed by atoms with Gasteiger partial charge in [-0.1, -0.05) is 6.07 Å². The maximum atomic E-state index is 13.1. The average Bonchev–Trinajstić information content (AvgIpc) is 3.05. The Balaban J connectivity index is 1.79. The quantitative estimate of drug-likeness (QED) is 0.652.